The second-order valence-electron chi connectivity index (χ2n) is 5.80. The quantitative estimate of drug-likeness (QED) is 0.438. The molecule has 2 aromatic carbocycles. The molecular weight excluding hydrogens is 434 g/mol. The van der Waals surface area contributed by atoms with E-state index in [1.807, 2.05) is 0 Å². The summed E-state index contributed by atoms with van der Waals surface area (Å²) in [6.07, 6.45) is 4.16. The summed E-state index contributed by atoms with van der Waals surface area (Å²) in [5.41, 5.74) is 5.71. The number of aliphatic hydroxyl groups is 1. The summed E-state index contributed by atoms with van der Waals surface area (Å²) in [5, 5.41) is 9.00. The summed E-state index contributed by atoms with van der Waals surface area (Å²) < 4.78 is 0. The molecule has 1 nitrogen and oxygen atoms in total. The molecule has 3 rings (SSSR count). The summed E-state index contributed by atoms with van der Waals surface area (Å²) in [7, 11) is 0. The molecule has 1 aliphatic rings. The Bertz CT molecular complexity index is 649. The Hall–Kier alpha value is -0.0500. The third-order valence-corrected chi connectivity index (χ3v) is 3.66. The molecule has 0 saturated carbocycles. The van der Waals surface area contributed by atoms with Crippen molar-refractivity contribution in [3.8, 4) is 0 Å². The molecule has 2 aromatic rings. The smallest absolute Gasteiger partial charge is 0.0434 e. The van der Waals surface area contributed by atoms with Crippen LogP contribution in [0.5, 0.6) is 0 Å². The maximum Gasteiger partial charge on any atom is 0.0434 e. The molecule has 0 aromatic heterocycles. The van der Waals surface area contributed by atoms with Gasteiger partial charge in [0.25, 0.3) is 0 Å². The third-order valence-electron chi connectivity index (χ3n) is 3.66. The SMILES string of the molecule is C[Si](C)=[Zr+2].OCCCC1=CC([c-]2cccc2)c2ccccc21.[Cl-].[Cl-]. The van der Waals surface area contributed by atoms with Crippen LogP contribution in [0.4, 0.5) is 0 Å². The molecule has 5 heteroatoms. The molecule has 0 saturated heterocycles. The number of benzene rings is 1. The number of aliphatic hydroxyl groups excluding tert-OH is 1. The van der Waals surface area contributed by atoms with Crippen molar-refractivity contribution >= 4 is 11.0 Å². The molecule has 0 heterocycles. The Kier molecular flexibility index (Phi) is 12.3. The minimum atomic E-state index is 0. The molecule has 0 aliphatic heterocycles. The standard InChI is InChI=1S/C17H17O.C2H6Si.2ClH.Zr/c18-11-5-8-14-12-17(13-6-1-2-7-13)16-10-4-3-9-15(14)16;1-3-2;;;/h1-4,6-7,9-10,12,17-18H,5,8,11H2;1-2H3;2*1H;/q-1;;;;+2/p-2. The zero-order valence-corrected chi connectivity index (χ0v) is 19.1. The monoisotopic (exact) mass is 455 g/mol. The van der Waals surface area contributed by atoms with E-state index >= 15 is 0 Å². The van der Waals surface area contributed by atoms with Gasteiger partial charge in [-0.2, -0.15) is 12.1 Å². The van der Waals surface area contributed by atoms with Crippen molar-refractivity contribution in [2.45, 2.75) is 31.9 Å². The summed E-state index contributed by atoms with van der Waals surface area (Å²) in [6.45, 7) is 4.88. The van der Waals surface area contributed by atoms with E-state index < -0.39 is 0 Å². The van der Waals surface area contributed by atoms with Gasteiger partial charge in [0.2, 0.25) is 0 Å². The number of hydrogen-bond donors (Lipinski definition) is 1. The zero-order chi connectivity index (χ0) is 15.9. The van der Waals surface area contributed by atoms with Crippen LogP contribution in [-0.4, -0.2) is 17.1 Å². The van der Waals surface area contributed by atoms with Crippen molar-refractivity contribution in [3.05, 3.63) is 71.3 Å². The van der Waals surface area contributed by atoms with E-state index in [0.717, 1.165) is 12.8 Å². The topological polar surface area (TPSA) is 20.2 Å². The molecule has 1 unspecified atom stereocenters. The van der Waals surface area contributed by atoms with Crippen LogP contribution < -0.4 is 24.8 Å². The van der Waals surface area contributed by atoms with E-state index in [-0.39, 0.29) is 36.9 Å². The Morgan fingerprint density at radius 1 is 1.08 bits per heavy atom. The Morgan fingerprint density at radius 3 is 2.25 bits per heavy atom. The van der Waals surface area contributed by atoms with Gasteiger partial charge in [-0.1, -0.05) is 30.3 Å². The van der Waals surface area contributed by atoms with Crippen LogP contribution in [0.3, 0.4) is 0 Å². The van der Waals surface area contributed by atoms with Gasteiger partial charge in [0.05, 0.1) is 0 Å². The van der Waals surface area contributed by atoms with Crippen molar-refractivity contribution in [1.29, 1.82) is 0 Å². The van der Waals surface area contributed by atoms with Crippen LogP contribution in [0.1, 0.15) is 35.4 Å². The molecular formula is C19H23Cl2OSiZr-. The number of fused-ring (bicyclic) bond motifs is 1. The summed E-state index contributed by atoms with van der Waals surface area (Å²) in [5.74, 6) is 0.393. The van der Waals surface area contributed by atoms with Crippen LogP contribution in [0.25, 0.3) is 5.57 Å². The average molecular weight is 458 g/mol. The molecule has 1 N–H and O–H groups in total. The van der Waals surface area contributed by atoms with Crippen molar-refractivity contribution in [3.63, 3.8) is 0 Å². The van der Waals surface area contributed by atoms with E-state index in [0.29, 0.717) is 5.92 Å². The number of allylic oxidation sites excluding steroid dienone is 2. The first kappa shape index (κ1) is 23.9. The molecule has 128 valence electrons. The predicted octanol–water partition coefficient (Wildman–Crippen LogP) is -1.50. The molecule has 0 spiro atoms. The van der Waals surface area contributed by atoms with Gasteiger partial charge in [0, 0.05) is 6.61 Å². The fourth-order valence-electron chi connectivity index (χ4n) is 2.80. The molecule has 0 fully saturated rings. The first-order chi connectivity index (χ1) is 10.6. The van der Waals surface area contributed by atoms with E-state index in [1.165, 1.54) is 22.3 Å². The Balaban J connectivity index is 0.000000801. The van der Waals surface area contributed by atoms with E-state index in [4.69, 9.17) is 5.11 Å². The van der Waals surface area contributed by atoms with Gasteiger partial charge in [-0.05, 0) is 35.5 Å². The van der Waals surface area contributed by atoms with E-state index in [9.17, 15) is 0 Å². The average Bonchev–Trinajstić information content (AvgIpc) is 3.12. The van der Waals surface area contributed by atoms with Crippen molar-refractivity contribution in [2.75, 3.05) is 6.61 Å². The minimum absolute atomic E-state index is 0. The van der Waals surface area contributed by atoms with Crippen LogP contribution in [-0.2, 0) is 23.3 Å². The van der Waals surface area contributed by atoms with E-state index in [2.05, 4.69) is 67.7 Å². The molecule has 0 amide bonds. The van der Waals surface area contributed by atoms with Crippen molar-refractivity contribution in [1.82, 2.24) is 0 Å². The normalized spacial score (nSPS) is 14.4. The Morgan fingerprint density at radius 2 is 1.67 bits per heavy atom. The maximum absolute atomic E-state index is 9.00. The van der Waals surface area contributed by atoms with Crippen LogP contribution in [0, 0.1) is 0 Å². The maximum atomic E-state index is 9.00. The van der Waals surface area contributed by atoms with Crippen LogP contribution in [0.15, 0.2) is 54.6 Å². The predicted molar refractivity (Wildman–Crippen MR) is 92.1 cm³/mol. The third kappa shape index (κ3) is 6.69. The van der Waals surface area contributed by atoms with Crippen LogP contribution >= 0.6 is 0 Å². The second-order valence-corrected chi connectivity index (χ2v) is 15.2. The second kappa shape index (κ2) is 12.3. The van der Waals surface area contributed by atoms with Gasteiger partial charge < -0.3 is 29.9 Å². The summed E-state index contributed by atoms with van der Waals surface area (Å²) in [6, 6.07) is 17.2. The summed E-state index contributed by atoms with van der Waals surface area (Å²) in [4.78, 5) is 0. The van der Waals surface area contributed by atoms with Gasteiger partial charge >= 0.3 is 41.9 Å². The van der Waals surface area contributed by atoms with Gasteiger partial charge in [-0.25, -0.2) is 12.1 Å². The summed E-state index contributed by atoms with van der Waals surface area (Å²) >= 11 is 1.74. The largest absolute Gasteiger partial charge is 1.00 e. The number of hydrogen-bond acceptors (Lipinski definition) is 1. The van der Waals surface area contributed by atoms with Crippen molar-refractivity contribution < 1.29 is 53.3 Å². The first-order valence-electron chi connectivity index (χ1n) is 7.77. The molecule has 1 atom stereocenters. The minimum Gasteiger partial charge on any atom is -1.00 e. The molecule has 0 radical (unpaired) electrons. The fraction of sp³-hybridized carbons (Fsp3) is 0.316. The molecule has 24 heavy (non-hydrogen) atoms. The number of halogens is 2. The van der Waals surface area contributed by atoms with Gasteiger partial charge in [-0.15, -0.1) is 5.56 Å². The molecule has 0 bridgehead atoms. The van der Waals surface area contributed by atoms with Crippen molar-refractivity contribution in [2.24, 2.45) is 0 Å². The number of rotatable bonds is 4. The van der Waals surface area contributed by atoms with Gasteiger partial charge in [-0.3, -0.25) is 0 Å². The Labute approximate surface area is 173 Å². The first-order valence-corrected chi connectivity index (χ1v) is 14.0. The van der Waals surface area contributed by atoms with E-state index in [1.54, 1.807) is 23.3 Å². The van der Waals surface area contributed by atoms with Crippen LogP contribution in [0.2, 0.25) is 13.1 Å². The van der Waals surface area contributed by atoms with Gasteiger partial charge in [0.1, 0.15) is 0 Å². The fourth-order valence-corrected chi connectivity index (χ4v) is 2.80. The van der Waals surface area contributed by atoms with Gasteiger partial charge in [0.15, 0.2) is 0 Å². The molecule has 1 aliphatic carbocycles. The zero-order valence-electron chi connectivity index (χ0n) is 14.1.